The van der Waals surface area contributed by atoms with E-state index >= 15 is 0 Å². The fraction of sp³-hybridized carbons (Fsp3) is 0.562. The average Bonchev–Trinajstić information content (AvgIpc) is 2.44. The first kappa shape index (κ1) is 16.5. The van der Waals surface area contributed by atoms with Crippen LogP contribution in [-0.2, 0) is 11.2 Å². The van der Waals surface area contributed by atoms with Crippen molar-refractivity contribution in [3.05, 3.63) is 29.8 Å². The lowest BCUT2D eigenvalue weighted by Gasteiger charge is -2.14. The first-order valence-corrected chi connectivity index (χ1v) is 7.20. The number of carbonyl (C=O) groups excluding carboxylic acids is 1. The Balaban J connectivity index is 2.35. The Labute approximate surface area is 121 Å². The molecule has 1 aromatic rings. The molecule has 1 aromatic carbocycles. The molecule has 20 heavy (non-hydrogen) atoms. The summed E-state index contributed by atoms with van der Waals surface area (Å²) in [5.41, 5.74) is 1.16. The summed E-state index contributed by atoms with van der Waals surface area (Å²) in [5.74, 6) is 1.33. The summed E-state index contributed by atoms with van der Waals surface area (Å²) in [6, 6.07) is 7.98. The molecular formula is C16H26N2O2. The Kier molecular flexibility index (Phi) is 7.73. The van der Waals surface area contributed by atoms with Crippen LogP contribution in [0.15, 0.2) is 24.3 Å². The number of hydrogen-bond acceptors (Lipinski definition) is 3. The molecule has 0 radical (unpaired) electrons. The number of hydrogen-bond donors (Lipinski definition) is 2. The minimum absolute atomic E-state index is 0.128. The summed E-state index contributed by atoms with van der Waals surface area (Å²) in [4.78, 5) is 11.8. The number of carbonyl (C=O) groups is 1. The predicted octanol–water partition coefficient (Wildman–Crippen LogP) is 1.99. The third-order valence-corrected chi connectivity index (χ3v) is 3.22. The monoisotopic (exact) mass is 278 g/mol. The van der Waals surface area contributed by atoms with E-state index in [0.29, 0.717) is 12.3 Å². The van der Waals surface area contributed by atoms with Gasteiger partial charge in [0.25, 0.3) is 0 Å². The van der Waals surface area contributed by atoms with E-state index in [4.69, 9.17) is 4.74 Å². The Morgan fingerprint density at radius 1 is 1.30 bits per heavy atom. The lowest BCUT2D eigenvalue weighted by molar-refractivity contribution is -0.121. The third-order valence-electron chi connectivity index (χ3n) is 3.22. The summed E-state index contributed by atoms with van der Waals surface area (Å²) in [6.07, 6.45) is 2.37. The second-order valence-corrected chi connectivity index (χ2v) is 5.13. The van der Waals surface area contributed by atoms with Gasteiger partial charge in [0.2, 0.25) is 5.91 Å². The van der Waals surface area contributed by atoms with Gasteiger partial charge in [0.15, 0.2) is 0 Å². The number of rotatable bonds is 9. The van der Waals surface area contributed by atoms with Gasteiger partial charge in [-0.3, -0.25) is 4.79 Å². The number of methoxy groups -OCH3 is 1. The van der Waals surface area contributed by atoms with Crippen molar-refractivity contribution >= 4 is 5.91 Å². The van der Waals surface area contributed by atoms with E-state index in [1.807, 2.05) is 25.2 Å². The van der Waals surface area contributed by atoms with Gasteiger partial charge >= 0.3 is 0 Å². The Morgan fingerprint density at radius 2 is 2.05 bits per heavy atom. The molecule has 0 heterocycles. The maximum absolute atomic E-state index is 11.8. The highest BCUT2D eigenvalue weighted by atomic mass is 16.5. The molecule has 112 valence electrons. The fourth-order valence-electron chi connectivity index (χ4n) is 2.20. The maximum Gasteiger partial charge on any atom is 0.220 e. The van der Waals surface area contributed by atoms with Gasteiger partial charge in [-0.15, -0.1) is 0 Å². The lowest BCUT2D eigenvalue weighted by atomic mass is 9.97. The fourth-order valence-corrected chi connectivity index (χ4v) is 2.20. The van der Waals surface area contributed by atoms with Gasteiger partial charge in [-0.1, -0.05) is 25.1 Å². The highest BCUT2D eigenvalue weighted by Crippen LogP contribution is 2.21. The van der Waals surface area contributed by atoms with E-state index in [-0.39, 0.29) is 5.91 Å². The van der Waals surface area contributed by atoms with E-state index in [0.717, 1.165) is 37.2 Å². The van der Waals surface area contributed by atoms with Crippen molar-refractivity contribution in [3.8, 4) is 5.75 Å². The molecule has 0 aromatic heterocycles. The van der Waals surface area contributed by atoms with Crippen LogP contribution in [0.3, 0.4) is 0 Å². The Bertz CT molecular complexity index is 407. The normalized spacial score (nSPS) is 11.9. The summed E-state index contributed by atoms with van der Waals surface area (Å²) in [5, 5.41) is 6.01. The minimum atomic E-state index is 0.128. The van der Waals surface area contributed by atoms with Crippen LogP contribution in [0.5, 0.6) is 5.75 Å². The van der Waals surface area contributed by atoms with Gasteiger partial charge in [-0.25, -0.2) is 0 Å². The molecule has 0 aliphatic rings. The van der Waals surface area contributed by atoms with Gasteiger partial charge in [0.05, 0.1) is 7.11 Å². The van der Waals surface area contributed by atoms with Crippen molar-refractivity contribution in [1.82, 2.24) is 10.6 Å². The molecule has 4 heteroatoms. The van der Waals surface area contributed by atoms with Crippen LogP contribution in [0.2, 0.25) is 0 Å². The summed E-state index contributed by atoms with van der Waals surface area (Å²) in [7, 11) is 3.59. The zero-order valence-corrected chi connectivity index (χ0v) is 12.7. The molecule has 1 unspecified atom stereocenters. The standard InChI is InChI=1S/C16H26N2O2/c1-13(12-16(19)18-10-6-9-17-2)11-14-7-4-5-8-15(14)20-3/h4-5,7-8,13,17H,6,9-12H2,1-3H3,(H,18,19). The second kappa shape index (κ2) is 9.37. The largest absolute Gasteiger partial charge is 0.496 e. The van der Waals surface area contributed by atoms with Gasteiger partial charge in [0.1, 0.15) is 5.75 Å². The first-order valence-electron chi connectivity index (χ1n) is 7.20. The molecule has 0 fully saturated rings. The summed E-state index contributed by atoms with van der Waals surface area (Å²) < 4.78 is 5.34. The second-order valence-electron chi connectivity index (χ2n) is 5.13. The molecule has 4 nitrogen and oxygen atoms in total. The third kappa shape index (κ3) is 6.06. The number of ether oxygens (including phenoxy) is 1. The molecule has 1 amide bonds. The van der Waals surface area contributed by atoms with E-state index in [1.54, 1.807) is 7.11 Å². The number of benzene rings is 1. The van der Waals surface area contributed by atoms with Crippen molar-refractivity contribution in [3.63, 3.8) is 0 Å². The zero-order chi connectivity index (χ0) is 14.8. The van der Waals surface area contributed by atoms with Crippen molar-refractivity contribution in [2.45, 2.75) is 26.2 Å². The molecule has 0 aliphatic heterocycles. The molecule has 1 atom stereocenters. The van der Waals surface area contributed by atoms with Gasteiger partial charge < -0.3 is 15.4 Å². The van der Waals surface area contributed by atoms with Crippen LogP contribution < -0.4 is 15.4 Å². The molecule has 0 saturated heterocycles. The lowest BCUT2D eigenvalue weighted by Crippen LogP contribution is -2.28. The van der Waals surface area contributed by atoms with Gasteiger partial charge in [-0.05, 0) is 44.0 Å². The van der Waals surface area contributed by atoms with Crippen molar-refractivity contribution in [2.24, 2.45) is 5.92 Å². The number of para-hydroxylation sites is 1. The van der Waals surface area contributed by atoms with E-state index in [2.05, 4.69) is 23.6 Å². The predicted molar refractivity (Wildman–Crippen MR) is 82.0 cm³/mol. The quantitative estimate of drug-likeness (QED) is 0.679. The molecule has 0 aliphatic carbocycles. The Hall–Kier alpha value is -1.55. The smallest absolute Gasteiger partial charge is 0.220 e. The van der Waals surface area contributed by atoms with Crippen LogP contribution in [0.1, 0.15) is 25.3 Å². The first-order chi connectivity index (χ1) is 9.67. The minimum Gasteiger partial charge on any atom is -0.496 e. The SMILES string of the molecule is CNCCCNC(=O)CC(C)Cc1ccccc1OC. The van der Waals surface area contributed by atoms with E-state index in [1.165, 1.54) is 0 Å². The maximum atomic E-state index is 11.8. The van der Waals surface area contributed by atoms with Crippen molar-refractivity contribution in [1.29, 1.82) is 0 Å². The Morgan fingerprint density at radius 3 is 2.75 bits per heavy atom. The van der Waals surface area contributed by atoms with Crippen LogP contribution in [0.25, 0.3) is 0 Å². The summed E-state index contributed by atoms with van der Waals surface area (Å²) in [6.45, 7) is 3.76. The average molecular weight is 278 g/mol. The van der Waals surface area contributed by atoms with Gasteiger partial charge in [0, 0.05) is 13.0 Å². The highest BCUT2D eigenvalue weighted by molar-refractivity contribution is 5.76. The van der Waals surface area contributed by atoms with Crippen LogP contribution in [0.4, 0.5) is 0 Å². The van der Waals surface area contributed by atoms with Gasteiger partial charge in [-0.2, -0.15) is 0 Å². The van der Waals surface area contributed by atoms with Crippen molar-refractivity contribution < 1.29 is 9.53 Å². The van der Waals surface area contributed by atoms with Crippen molar-refractivity contribution in [2.75, 3.05) is 27.2 Å². The molecule has 0 spiro atoms. The topological polar surface area (TPSA) is 50.4 Å². The summed E-state index contributed by atoms with van der Waals surface area (Å²) >= 11 is 0. The van der Waals surface area contributed by atoms with Crippen LogP contribution in [0, 0.1) is 5.92 Å². The number of nitrogens with one attached hydrogen (secondary N) is 2. The van der Waals surface area contributed by atoms with Crippen LogP contribution in [-0.4, -0.2) is 33.2 Å². The van der Waals surface area contributed by atoms with E-state index < -0.39 is 0 Å². The number of amides is 1. The molecule has 1 rings (SSSR count). The van der Waals surface area contributed by atoms with Crippen LogP contribution >= 0.6 is 0 Å². The molecular weight excluding hydrogens is 252 g/mol. The molecule has 0 bridgehead atoms. The molecule has 2 N–H and O–H groups in total. The highest BCUT2D eigenvalue weighted by Gasteiger charge is 2.11. The van der Waals surface area contributed by atoms with E-state index in [9.17, 15) is 4.79 Å². The zero-order valence-electron chi connectivity index (χ0n) is 12.7. The molecule has 0 saturated carbocycles.